The lowest BCUT2D eigenvalue weighted by molar-refractivity contribution is -0.146. The first-order chi connectivity index (χ1) is 9.56. The normalized spacial score (nSPS) is 16.1. The fourth-order valence-corrected chi connectivity index (χ4v) is 2.42. The average Bonchev–Trinajstić information content (AvgIpc) is 2.87. The Morgan fingerprint density at radius 3 is 2.50 bits per heavy atom. The number of ether oxygens (including phenoxy) is 2. The quantitative estimate of drug-likeness (QED) is 0.752. The van der Waals surface area contributed by atoms with Crippen molar-refractivity contribution >= 4 is 11.9 Å². The van der Waals surface area contributed by atoms with E-state index in [9.17, 15) is 9.59 Å². The molecule has 0 saturated carbocycles. The molecule has 1 aromatic heterocycles. The van der Waals surface area contributed by atoms with Gasteiger partial charge in [0.05, 0.1) is 20.1 Å². The van der Waals surface area contributed by atoms with E-state index >= 15 is 0 Å². The summed E-state index contributed by atoms with van der Waals surface area (Å²) < 4.78 is 11.4. The lowest BCUT2D eigenvalue weighted by atomic mass is 9.96. The van der Waals surface area contributed by atoms with Gasteiger partial charge in [0.2, 0.25) is 5.88 Å². The van der Waals surface area contributed by atoms with Crippen LogP contribution in [0.5, 0.6) is 5.88 Å². The van der Waals surface area contributed by atoms with Gasteiger partial charge in [-0.05, 0) is 12.8 Å². The Labute approximate surface area is 117 Å². The van der Waals surface area contributed by atoms with E-state index in [1.165, 1.54) is 14.2 Å². The summed E-state index contributed by atoms with van der Waals surface area (Å²) in [5.41, 5.74) is 0.450. The number of aryl methyl sites for hydroxylation is 1. The summed E-state index contributed by atoms with van der Waals surface area (Å²) in [6, 6.07) is 0. The molecule has 1 amide bonds. The molecule has 1 aliphatic rings. The van der Waals surface area contributed by atoms with Gasteiger partial charge >= 0.3 is 5.97 Å². The molecule has 1 fully saturated rings. The van der Waals surface area contributed by atoms with Gasteiger partial charge in [-0.1, -0.05) is 0 Å². The van der Waals surface area contributed by atoms with Gasteiger partial charge in [-0.25, -0.2) is 0 Å². The van der Waals surface area contributed by atoms with E-state index in [0.29, 0.717) is 37.4 Å². The first-order valence-electron chi connectivity index (χ1n) is 6.51. The highest BCUT2D eigenvalue weighted by atomic mass is 16.5. The van der Waals surface area contributed by atoms with Crippen LogP contribution in [-0.4, -0.2) is 53.9 Å². The highest BCUT2D eigenvalue weighted by molar-refractivity contribution is 5.96. The Kier molecular flexibility index (Phi) is 4.26. The van der Waals surface area contributed by atoms with Gasteiger partial charge in [0.15, 0.2) is 0 Å². The van der Waals surface area contributed by atoms with E-state index in [1.807, 2.05) is 0 Å². The van der Waals surface area contributed by atoms with Crippen LogP contribution in [0.3, 0.4) is 0 Å². The number of amides is 1. The third-order valence-corrected chi connectivity index (χ3v) is 3.54. The number of carbonyl (C=O) groups excluding carboxylic acids is 2. The van der Waals surface area contributed by atoms with Crippen LogP contribution in [0.1, 0.15) is 23.2 Å². The smallest absolute Gasteiger partial charge is 0.308 e. The molecule has 110 valence electrons. The zero-order chi connectivity index (χ0) is 14.7. The molecule has 0 bridgehead atoms. The van der Waals surface area contributed by atoms with Crippen LogP contribution in [0.2, 0.25) is 0 Å². The monoisotopic (exact) mass is 281 g/mol. The number of hydrogen-bond donors (Lipinski definition) is 0. The summed E-state index contributed by atoms with van der Waals surface area (Å²) in [6.07, 6.45) is 2.90. The fraction of sp³-hybridized carbons (Fsp3) is 0.615. The topological polar surface area (TPSA) is 73.7 Å². The summed E-state index contributed by atoms with van der Waals surface area (Å²) >= 11 is 0. The van der Waals surface area contributed by atoms with E-state index in [0.717, 1.165) is 0 Å². The highest BCUT2D eigenvalue weighted by Crippen LogP contribution is 2.23. The molecule has 1 aliphatic heterocycles. The minimum Gasteiger partial charge on any atom is -0.479 e. The van der Waals surface area contributed by atoms with Gasteiger partial charge in [0.1, 0.15) is 5.56 Å². The van der Waals surface area contributed by atoms with E-state index < -0.39 is 0 Å². The third kappa shape index (κ3) is 2.76. The van der Waals surface area contributed by atoms with Crippen LogP contribution in [0.4, 0.5) is 0 Å². The first-order valence-corrected chi connectivity index (χ1v) is 6.51. The van der Waals surface area contributed by atoms with Crippen molar-refractivity contribution in [3.8, 4) is 5.88 Å². The Hall–Kier alpha value is -2.05. The molecular weight excluding hydrogens is 262 g/mol. The molecule has 0 unspecified atom stereocenters. The summed E-state index contributed by atoms with van der Waals surface area (Å²) in [4.78, 5) is 25.6. The van der Waals surface area contributed by atoms with Crippen LogP contribution < -0.4 is 4.74 Å². The number of carbonyl (C=O) groups is 2. The largest absolute Gasteiger partial charge is 0.479 e. The molecule has 7 heteroatoms. The lowest BCUT2D eigenvalue weighted by Gasteiger charge is -2.30. The molecule has 2 heterocycles. The van der Waals surface area contributed by atoms with Crippen molar-refractivity contribution < 1.29 is 19.1 Å². The zero-order valence-electron chi connectivity index (χ0n) is 12.0. The predicted octanol–water partition coefficient (Wildman–Crippen LogP) is 0.454. The fourth-order valence-electron chi connectivity index (χ4n) is 2.42. The SMILES string of the molecule is COC(=O)C1CCN(C(=O)c2cn(C)nc2OC)CC1. The predicted molar refractivity (Wildman–Crippen MR) is 70.4 cm³/mol. The summed E-state index contributed by atoms with van der Waals surface area (Å²) in [5, 5.41) is 4.07. The second-order valence-electron chi connectivity index (χ2n) is 4.82. The number of methoxy groups -OCH3 is 2. The zero-order valence-corrected chi connectivity index (χ0v) is 12.0. The molecule has 0 aromatic carbocycles. The number of piperidine rings is 1. The van der Waals surface area contributed by atoms with Crippen LogP contribution in [0.15, 0.2) is 6.20 Å². The number of rotatable bonds is 3. The molecule has 7 nitrogen and oxygen atoms in total. The van der Waals surface area contributed by atoms with E-state index in [2.05, 4.69) is 5.10 Å². The molecule has 1 aromatic rings. The van der Waals surface area contributed by atoms with Crippen molar-refractivity contribution in [2.75, 3.05) is 27.3 Å². The lowest BCUT2D eigenvalue weighted by Crippen LogP contribution is -2.40. The van der Waals surface area contributed by atoms with Gasteiger partial charge in [-0.15, -0.1) is 5.10 Å². The second kappa shape index (κ2) is 5.94. The Morgan fingerprint density at radius 2 is 1.95 bits per heavy atom. The molecular formula is C13H19N3O4. The Bertz CT molecular complexity index is 504. The molecule has 0 spiro atoms. The van der Waals surface area contributed by atoms with E-state index in [-0.39, 0.29) is 17.8 Å². The maximum atomic E-state index is 12.4. The molecule has 0 aliphatic carbocycles. The summed E-state index contributed by atoms with van der Waals surface area (Å²) in [5.74, 6) is -0.0956. The summed E-state index contributed by atoms with van der Waals surface area (Å²) in [6.45, 7) is 1.08. The Balaban J connectivity index is 2.03. The van der Waals surface area contributed by atoms with Crippen molar-refractivity contribution in [2.45, 2.75) is 12.8 Å². The van der Waals surface area contributed by atoms with Gasteiger partial charge < -0.3 is 14.4 Å². The Morgan fingerprint density at radius 1 is 1.30 bits per heavy atom. The molecule has 0 atom stereocenters. The highest BCUT2D eigenvalue weighted by Gasteiger charge is 2.30. The molecule has 1 saturated heterocycles. The number of nitrogens with zero attached hydrogens (tertiary/aromatic N) is 3. The maximum absolute atomic E-state index is 12.4. The van der Waals surface area contributed by atoms with Crippen molar-refractivity contribution in [2.24, 2.45) is 13.0 Å². The van der Waals surface area contributed by atoms with Crippen LogP contribution in [-0.2, 0) is 16.6 Å². The van der Waals surface area contributed by atoms with Crippen molar-refractivity contribution in [1.29, 1.82) is 0 Å². The van der Waals surface area contributed by atoms with Crippen molar-refractivity contribution in [3.05, 3.63) is 11.8 Å². The number of esters is 1. The van der Waals surface area contributed by atoms with Crippen LogP contribution in [0.25, 0.3) is 0 Å². The van der Waals surface area contributed by atoms with Gasteiger partial charge in [-0.3, -0.25) is 14.3 Å². The second-order valence-corrected chi connectivity index (χ2v) is 4.82. The number of hydrogen-bond acceptors (Lipinski definition) is 5. The van der Waals surface area contributed by atoms with Gasteiger partial charge in [0.25, 0.3) is 5.91 Å². The standard InChI is InChI=1S/C13H19N3O4/c1-15-8-10(11(14-15)19-2)12(17)16-6-4-9(5-7-16)13(18)20-3/h8-9H,4-7H2,1-3H3. The molecule has 0 N–H and O–H groups in total. The van der Waals surface area contributed by atoms with Crippen molar-refractivity contribution in [3.63, 3.8) is 0 Å². The number of likely N-dealkylation sites (tertiary alicyclic amines) is 1. The van der Waals surface area contributed by atoms with Crippen LogP contribution >= 0.6 is 0 Å². The van der Waals surface area contributed by atoms with E-state index in [4.69, 9.17) is 9.47 Å². The van der Waals surface area contributed by atoms with Crippen molar-refractivity contribution in [1.82, 2.24) is 14.7 Å². The molecule has 0 radical (unpaired) electrons. The minimum atomic E-state index is -0.198. The minimum absolute atomic E-state index is 0.111. The molecule has 2 rings (SSSR count). The first kappa shape index (κ1) is 14.4. The van der Waals surface area contributed by atoms with E-state index in [1.54, 1.807) is 22.8 Å². The third-order valence-electron chi connectivity index (χ3n) is 3.54. The summed E-state index contributed by atoms with van der Waals surface area (Å²) in [7, 11) is 4.62. The van der Waals surface area contributed by atoms with Crippen LogP contribution in [0, 0.1) is 5.92 Å². The maximum Gasteiger partial charge on any atom is 0.308 e. The molecule has 20 heavy (non-hydrogen) atoms. The number of aromatic nitrogens is 2. The van der Waals surface area contributed by atoms with Gasteiger partial charge in [-0.2, -0.15) is 0 Å². The average molecular weight is 281 g/mol. The van der Waals surface area contributed by atoms with Gasteiger partial charge in [0, 0.05) is 26.3 Å².